The zero-order chi connectivity index (χ0) is 11.1. The lowest BCUT2D eigenvalue weighted by molar-refractivity contribution is -0.147. The van der Waals surface area contributed by atoms with Gasteiger partial charge in [-0.1, -0.05) is 32.9 Å². The molecule has 2 heteroatoms. The van der Waals surface area contributed by atoms with Gasteiger partial charge in [-0.05, 0) is 24.2 Å². The summed E-state index contributed by atoms with van der Waals surface area (Å²) in [5.41, 5.74) is 0.210. The maximum atomic E-state index is 10.6. The second-order valence-electron chi connectivity index (χ2n) is 5.88. The molecule has 1 saturated carbocycles. The fraction of sp³-hybridized carbons (Fsp3) is 0.769. The molecule has 0 aliphatic heterocycles. The summed E-state index contributed by atoms with van der Waals surface area (Å²) in [6.45, 7) is 7.35. The molecule has 84 valence electrons. The van der Waals surface area contributed by atoms with Gasteiger partial charge in [0.15, 0.2) is 0 Å². The van der Waals surface area contributed by atoms with E-state index in [2.05, 4.69) is 32.9 Å². The van der Waals surface area contributed by atoms with Crippen LogP contribution in [0.3, 0.4) is 0 Å². The zero-order valence-electron chi connectivity index (χ0n) is 9.77. The number of ether oxygens (including phenoxy) is 1. The van der Waals surface area contributed by atoms with Crippen LogP contribution in [-0.4, -0.2) is 12.6 Å². The number of carbonyl (C=O) groups is 1. The molecule has 0 aromatic carbocycles. The predicted molar refractivity (Wildman–Crippen MR) is 59.2 cm³/mol. The Kier molecular flexibility index (Phi) is 2.61. The quantitative estimate of drug-likeness (QED) is 0.515. The third-order valence-electron chi connectivity index (χ3n) is 3.89. The van der Waals surface area contributed by atoms with Gasteiger partial charge in [0.25, 0.3) is 6.47 Å². The van der Waals surface area contributed by atoms with Crippen molar-refractivity contribution in [1.82, 2.24) is 0 Å². The van der Waals surface area contributed by atoms with Gasteiger partial charge in [-0.25, -0.2) is 0 Å². The van der Waals surface area contributed by atoms with Gasteiger partial charge in [-0.15, -0.1) is 0 Å². The van der Waals surface area contributed by atoms with Gasteiger partial charge >= 0.3 is 0 Å². The van der Waals surface area contributed by atoms with Crippen LogP contribution < -0.4 is 0 Å². The molecule has 0 heterocycles. The highest BCUT2D eigenvalue weighted by molar-refractivity contribution is 5.38. The fourth-order valence-corrected chi connectivity index (χ4v) is 3.33. The SMILES string of the molecule is CC(C)(C)C1C2C=CC(CC2)C1OC=O. The molecule has 0 amide bonds. The minimum Gasteiger partial charge on any atom is -0.464 e. The number of allylic oxidation sites excluding steroid dienone is 1. The Morgan fingerprint density at radius 3 is 2.27 bits per heavy atom. The molecule has 4 unspecified atom stereocenters. The number of carbonyl (C=O) groups excluding carboxylic acids is 1. The van der Waals surface area contributed by atoms with Crippen molar-refractivity contribution in [3.8, 4) is 0 Å². The molecule has 0 aromatic rings. The fourth-order valence-electron chi connectivity index (χ4n) is 3.33. The summed E-state index contributed by atoms with van der Waals surface area (Å²) in [7, 11) is 0. The minimum absolute atomic E-state index is 0.103. The maximum Gasteiger partial charge on any atom is 0.293 e. The van der Waals surface area contributed by atoms with E-state index in [-0.39, 0.29) is 11.5 Å². The van der Waals surface area contributed by atoms with Crippen LogP contribution in [0.4, 0.5) is 0 Å². The second kappa shape index (κ2) is 3.66. The Labute approximate surface area is 91.7 Å². The van der Waals surface area contributed by atoms with Crippen LogP contribution in [0.15, 0.2) is 12.2 Å². The molecular weight excluding hydrogens is 188 g/mol. The van der Waals surface area contributed by atoms with Crippen molar-refractivity contribution >= 4 is 6.47 Å². The van der Waals surface area contributed by atoms with Crippen LogP contribution in [0, 0.1) is 23.2 Å². The molecule has 2 bridgehead atoms. The van der Waals surface area contributed by atoms with Gasteiger partial charge in [-0.2, -0.15) is 0 Å². The first-order valence-electron chi connectivity index (χ1n) is 5.81. The molecule has 4 atom stereocenters. The third kappa shape index (κ3) is 1.82. The molecule has 3 aliphatic carbocycles. The first-order chi connectivity index (χ1) is 7.04. The van der Waals surface area contributed by atoms with Crippen LogP contribution in [0.1, 0.15) is 33.6 Å². The molecule has 1 fully saturated rings. The normalized spacial score (nSPS) is 39.1. The summed E-state index contributed by atoms with van der Waals surface area (Å²) in [6.07, 6.45) is 7.10. The molecule has 3 aliphatic rings. The lowest BCUT2D eigenvalue weighted by Gasteiger charge is -2.49. The van der Waals surface area contributed by atoms with E-state index < -0.39 is 0 Å². The molecular formula is C13H20O2. The van der Waals surface area contributed by atoms with Crippen molar-refractivity contribution in [2.24, 2.45) is 23.2 Å². The summed E-state index contributed by atoms with van der Waals surface area (Å²) in [4.78, 5) is 10.6. The van der Waals surface area contributed by atoms with Crippen molar-refractivity contribution in [3.63, 3.8) is 0 Å². The van der Waals surface area contributed by atoms with Gasteiger partial charge in [-0.3, -0.25) is 4.79 Å². The van der Waals surface area contributed by atoms with Gasteiger partial charge in [0.2, 0.25) is 0 Å². The van der Waals surface area contributed by atoms with Gasteiger partial charge in [0.1, 0.15) is 6.10 Å². The van der Waals surface area contributed by atoms with Crippen LogP contribution in [0.5, 0.6) is 0 Å². The van der Waals surface area contributed by atoms with E-state index in [1.54, 1.807) is 0 Å². The molecule has 2 nitrogen and oxygen atoms in total. The zero-order valence-corrected chi connectivity index (χ0v) is 9.77. The highest BCUT2D eigenvalue weighted by atomic mass is 16.5. The molecule has 3 rings (SSSR count). The number of rotatable bonds is 2. The summed E-state index contributed by atoms with van der Waals surface area (Å²) >= 11 is 0. The Bertz CT molecular complexity index is 275. The number of hydrogen-bond acceptors (Lipinski definition) is 2. The first kappa shape index (κ1) is 10.7. The minimum atomic E-state index is 0.103. The van der Waals surface area contributed by atoms with Crippen molar-refractivity contribution in [3.05, 3.63) is 12.2 Å². The van der Waals surface area contributed by atoms with E-state index in [1.165, 1.54) is 12.8 Å². The van der Waals surface area contributed by atoms with Crippen LogP contribution in [0.2, 0.25) is 0 Å². The van der Waals surface area contributed by atoms with Gasteiger partial charge in [0, 0.05) is 11.8 Å². The van der Waals surface area contributed by atoms with E-state index in [9.17, 15) is 4.79 Å². The topological polar surface area (TPSA) is 26.3 Å². The largest absolute Gasteiger partial charge is 0.464 e. The molecule has 0 aromatic heterocycles. The predicted octanol–water partition coefficient (Wildman–Crippen LogP) is 2.79. The summed E-state index contributed by atoms with van der Waals surface area (Å²) in [5, 5.41) is 0. The Morgan fingerprint density at radius 2 is 1.80 bits per heavy atom. The van der Waals surface area contributed by atoms with Crippen LogP contribution in [-0.2, 0) is 9.53 Å². The molecule has 0 spiro atoms. The summed E-state index contributed by atoms with van der Waals surface area (Å²) in [6, 6.07) is 0. The first-order valence-corrected chi connectivity index (χ1v) is 5.81. The van der Waals surface area contributed by atoms with E-state index in [0.717, 1.165) is 0 Å². The number of hydrogen-bond donors (Lipinski definition) is 0. The smallest absolute Gasteiger partial charge is 0.293 e. The molecule has 15 heavy (non-hydrogen) atoms. The Hall–Kier alpha value is -0.790. The lowest BCUT2D eigenvalue weighted by Crippen LogP contribution is -2.48. The van der Waals surface area contributed by atoms with Crippen molar-refractivity contribution in [2.75, 3.05) is 0 Å². The Balaban J connectivity index is 2.26. The number of fused-ring (bicyclic) bond motifs is 2. The van der Waals surface area contributed by atoms with Gasteiger partial charge in [0.05, 0.1) is 0 Å². The average Bonchev–Trinajstić information content (AvgIpc) is 2.18. The monoisotopic (exact) mass is 208 g/mol. The highest BCUT2D eigenvalue weighted by Gasteiger charge is 2.47. The van der Waals surface area contributed by atoms with Crippen LogP contribution >= 0.6 is 0 Å². The van der Waals surface area contributed by atoms with E-state index in [4.69, 9.17) is 4.74 Å². The molecule has 0 saturated heterocycles. The lowest BCUT2D eigenvalue weighted by atomic mass is 9.59. The third-order valence-corrected chi connectivity index (χ3v) is 3.89. The summed E-state index contributed by atoms with van der Waals surface area (Å²) in [5.74, 6) is 1.52. The van der Waals surface area contributed by atoms with E-state index in [1.807, 2.05) is 0 Å². The Morgan fingerprint density at radius 1 is 1.20 bits per heavy atom. The van der Waals surface area contributed by atoms with Crippen molar-refractivity contribution in [2.45, 2.75) is 39.7 Å². The maximum absolute atomic E-state index is 10.6. The summed E-state index contributed by atoms with van der Waals surface area (Å²) < 4.78 is 5.32. The second-order valence-corrected chi connectivity index (χ2v) is 5.88. The van der Waals surface area contributed by atoms with Gasteiger partial charge < -0.3 is 4.74 Å². The van der Waals surface area contributed by atoms with Crippen LogP contribution in [0.25, 0.3) is 0 Å². The standard InChI is InChI=1S/C13H20O2/c1-13(2,3)11-9-4-6-10(7-5-9)12(11)15-8-14/h4,6,8-12H,5,7H2,1-3H3. The van der Waals surface area contributed by atoms with E-state index in [0.29, 0.717) is 24.2 Å². The van der Waals surface area contributed by atoms with Crippen molar-refractivity contribution < 1.29 is 9.53 Å². The molecule has 0 radical (unpaired) electrons. The average molecular weight is 208 g/mol. The highest BCUT2D eigenvalue weighted by Crippen LogP contribution is 2.49. The van der Waals surface area contributed by atoms with E-state index >= 15 is 0 Å². The van der Waals surface area contributed by atoms with Crippen molar-refractivity contribution in [1.29, 1.82) is 0 Å². The molecule has 0 N–H and O–H groups in total.